The number of allylic oxidation sites excluding steroid dienone is 6. The van der Waals surface area contributed by atoms with Crippen molar-refractivity contribution in [1.29, 1.82) is 0 Å². The molecule has 0 radical (unpaired) electrons. The number of methoxy groups -OCH3 is 3. The third kappa shape index (κ3) is 20.0. The normalized spacial score (nSPS) is 34.6. The monoisotopic (exact) mass is 1120 g/mol. The Morgan fingerprint density at radius 1 is 0.833 bits per heavy atom. The van der Waals surface area contributed by atoms with Crippen molar-refractivity contribution in [3.63, 3.8) is 0 Å². The first-order valence-corrected chi connectivity index (χ1v) is 29.7. The number of Topliss-reactive ketones (excluding diaryl/α,β-unsaturated/α-hetero) is 3. The lowest BCUT2D eigenvalue weighted by atomic mass is 9.78. The number of carbonyl (C=O) groups excluding carboxylic acids is 5. The van der Waals surface area contributed by atoms with Crippen LogP contribution in [0.5, 0.6) is 0 Å². The number of esters is 1. The highest BCUT2D eigenvalue weighted by molar-refractivity contribution is 7.47. The summed E-state index contributed by atoms with van der Waals surface area (Å²) in [7, 11) is 6.07. The number of aliphatic hydroxyl groups excluding tert-OH is 1. The highest BCUT2D eigenvalue weighted by atomic mass is 31.2. The Morgan fingerprint density at radius 2 is 1.54 bits per heavy atom. The van der Waals surface area contributed by atoms with Gasteiger partial charge in [0.25, 0.3) is 11.7 Å². The number of hydrogen-bond donors (Lipinski definition) is 3. The van der Waals surface area contributed by atoms with Gasteiger partial charge in [-0.3, -0.25) is 28.2 Å². The highest BCUT2D eigenvalue weighted by Gasteiger charge is 2.53. The van der Waals surface area contributed by atoms with Gasteiger partial charge in [0.15, 0.2) is 5.78 Å². The number of rotatable bonds is 15. The fraction of sp³-hybridized carbons (Fsp3) is 0.776. The van der Waals surface area contributed by atoms with Crippen LogP contribution in [0.2, 0.25) is 0 Å². The summed E-state index contributed by atoms with van der Waals surface area (Å²) in [5, 5.41) is 23.6. The van der Waals surface area contributed by atoms with Crippen LogP contribution in [-0.2, 0) is 66.0 Å². The molecule has 0 aromatic carbocycles. The number of nitrogens with zero attached hydrogens (tertiary/aromatic N) is 2. The van der Waals surface area contributed by atoms with Gasteiger partial charge in [-0.2, -0.15) is 0 Å². The van der Waals surface area contributed by atoms with Crippen molar-refractivity contribution in [2.24, 2.45) is 35.5 Å². The van der Waals surface area contributed by atoms with Crippen LogP contribution in [0.15, 0.2) is 47.6 Å². The van der Waals surface area contributed by atoms with Crippen molar-refractivity contribution in [3.05, 3.63) is 47.6 Å². The quantitative estimate of drug-likeness (QED) is 0.0372. The van der Waals surface area contributed by atoms with Gasteiger partial charge in [-0.15, -0.1) is 0 Å². The Balaban J connectivity index is 1.62. The molecule has 3 fully saturated rings. The number of likely N-dealkylation sites (N-methyl/N-ethyl adjacent to an activating group) is 1. The Bertz CT molecular complexity index is 2160. The maximum Gasteiger partial charge on any atom is 0.472 e. The van der Waals surface area contributed by atoms with Crippen molar-refractivity contribution in [2.45, 2.75) is 180 Å². The summed E-state index contributed by atoms with van der Waals surface area (Å²) in [4.78, 5) is 82.8. The molecule has 4 rings (SSSR count). The predicted octanol–water partition coefficient (Wildman–Crippen LogP) is 7.04. The van der Waals surface area contributed by atoms with E-state index in [2.05, 4.69) is 0 Å². The fourth-order valence-corrected chi connectivity index (χ4v) is 11.8. The minimum absolute atomic E-state index is 0.00303. The first kappa shape index (κ1) is 67.2. The summed E-state index contributed by atoms with van der Waals surface area (Å²) >= 11 is 0. The molecular formula is C58H96N2O17P+. The molecule has 2 bridgehead atoms. The number of quaternary nitrogens is 1. The molecule has 3 heterocycles. The van der Waals surface area contributed by atoms with Crippen LogP contribution < -0.4 is 0 Å². The van der Waals surface area contributed by atoms with E-state index in [1.165, 1.54) is 12.0 Å². The van der Waals surface area contributed by atoms with Crippen molar-refractivity contribution >= 4 is 37.0 Å². The molecule has 1 amide bonds. The molecule has 3 aliphatic heterocycles. The van der Waals surface area contributed by atoms with Crippen molar-refractivity contribution in [2.75, 3.05) is 75.4 Å². The summed E-state index contributed by atoms with van der Waals surface area (Å²) in [5.41, 5.74) is 1.23. The molecule has 2 saturated heterocycles. The van der Waals surface area contributed by atoms with E-state index in [1.807, 2.05) is 72.3 Å². The van der Waals surface area contributed by atoms with E-state index in [-0.39, 0.29) is 74.8 Å². The molecule has 78 heavy (non-hydrogen) atoms. The van der Waals surface area contributed by atoms with Crippen LogP contribution in [0.1, 0.15) is 126 Å². The summed E-state index contributed by atoms with van der Waals surface area (Å²) in [5.74, 6) is -8.39. The maximum atomic E-state index is 14.6. The second kappa shape index (κ2) is 31.2. The highest BCUT2D eigenvalue weighted by Crippen LogP contribution is 2.43. The van der Waals surface area contributed by atoms with Gasteiger partial charge < -0.3 is 52.9 Å². The van der Waals surface area contributed by atoms with E-state index in [0.717, 1.165) is 5.57 Å². The number of cyclic esters (lactones) is 1. The average Bonchev–Trinajstić information content (AvgIpc) is 3.38. The third-order valence-corrected chi connectivity index (χ3v) is 17.2. The van der Waals surface area contributed by atoms with Crippen molar-refractivity contribution < 1.29 is 85.6 Å². The van der Waals surface area contributed by atoms with E-state index in [9.17, 15) is 43.6 Å². The molecule has 16 unspecified atom stereocenters. The van der Waals surface area contributed by atoms with Crippen molar-refractivity contribution in [1.82, 2.24) is 4.90 Å². The number of piperidine rings is 1. The van der Waals surface area contributed by atoms with Crippen LogP contribution in [0.3, 0.4) is 0 Å². The first-order chi connectivity index (χ1) is 36.6. The predicted molar refractivity (Wildman–Crippen MR) is 293 cm³/mol. The number of fused-ring (bicyclic) bond motifs is 3. The van der Waals surface area contributed by atoms with E-state index < -0.39 is 91.5 Å². The van der Waals surface area contributed by atoms with Gasteiger partial charge in [0, 0.05) is 58.5 Å². The molecule has 1 saturated carbocycles. The number of amides is 1. The molecule has 1 aliphatic carbocycles. The molecule has 16 atom stereocenters. The van der Waals surface area contributed by atoms with E-state index >= 15 is 0 Å². The van der Waals surface area contributed by atoms with Crippen LogP contribution in [0, 0.1) is 35.5 Å². The van der Waals surface area contributed by atoms with E-state index in [4.69, 9.17) is 37.5 Å². The Hall–Kier alpha value is -3.30. The molecule has 19 nitrogen and oxygen atoms in total. The Morgan fingerprint density at radius 3 is 2.21 bits per heavy atom. The minimum atomic E-state index is -4.28. The molecular weight excluding hydrogens is 1030 g/mol. The zero-order valence-electron chi connectivity index (χ0n) is 49.0. The molecule has 444 valence electrons. The second-order valence-corrected chi connectivity index (χ2v) is 25.0. The standard InChI is InChI=1S/C58H95N2O17P/c1-37-19-15-14-16-20-38(2)49(70-11)35-45-24-22-43(7)58(67,77-45)55(64)56(65)59-26-18-17-21-46(59)57(66)76-50(36-47(61)39(3)32-42(6)53(63)54(72-13)52(62)41(5)31-37)40(4)33-44-23-25-48(51(34-44)71-12)73-29-30-75-78(68,69)74-28-27-60(8,9)10/h14-16,19-20,32,37,39-41,43-46,48-51,53-54,63,67H,17-18,21-31,33-36H2,1-13H3/p+1. The lowest BCUT2D eigenvalue weighted by molar-refractivity contribution is -0.870. The van der Waals surface area contributed by atoms with E-state index in [0.29, 0.717) is 80.8 Å². The van der Waals surface area contributed by atoms with Crippen LogP contribution in [0.4, 0.5) is 0 Å². The zero-order chi connectivity index (χ0) is 58.1. The van der Waals surface area contributed by atoms with Crippen LogP contribution in [-0.4, -0.2) is 184 Å². The minimum Gasteiger partial charge on any atom is -0.460 e. The summed E-state index contributed by atoms with van der Waals surface area (Å²) in [6.45, 7) is 13.1. The number of ether oxygens (including phenoxy) is 6. The van der Waals surface area contributed by atoms with Gasteiger partial charge >= 0.3 is 13.8 Å². The van der Waals surface area contributed by atoms with Gasteiger partial charge in [-0.1, -0.05) is 71.1 Å². The fourth-order valence-electron chi connectivity index (χ4n) is 11.1. The molecule has 20 heteroatoms. The third-order valence-electron chi connectivity index (χ3n) is 16.1. The molecule has 0 aromatic heterocycles. The van der Waals surface area contributed by atoms with Crippen molar-refractivity contribution in [3.8, 4) is 0 Å². The van der Waals surface area contributed by atoms with E-state index in [1.54, 1.807) is 48.0 Å². The van der Waals surface area contributed by atoms with Gasteiger partial charge in [0.05, 0.1) is 58.8 Å². The number of hydrogen-bond acceptors (Lipinski definition) is 16. The SMILES string of the molecule is COC1CC2CCC(C)C(O)(O2)C(=O)C(=O)N2CCCCC2C(=O)OC(C(C)CC2CCC(OCCOP(=O)(O)OCC[N+](C)(C)C)C(OC)C2)CC(=O)C(C)C=C(C)C(O)C(OC)C(=O)C(C)CC(C)C=CC=CC=C1C. The summed E-state index contributed by atoms with van der Waals surface area (Å²) in [6, 6.07) is -1.19. The van der Waals surface area contributed by atoms with Gasteiger partial charge in [-0.25, -0.2) is 9.36 Å². The number of aliphatic hydroxyl groups is 2. The smallest absolute Gasteiger partial charge is 0.460 e. The topological polar surface area (TPSA) is 240 Å². The number of phosphoric ester groups is 1. The van der Waals surface area contributed by atoms with Gasteiger partial charge in [-0.05, 0) is 107 Å². The molecule has 0 spiro atoms. The lowest BCUT2D eigenvalue weighted by Crippen LogP contribution is -2.61. The number of ketones is 3. The van der Waals surface area contributed by atoms with Crippen LogP contribution in [0.25, 0.3) is 0 Å². The Kier molecular flexibility index (Phi) is 26.9. The Labute approximate surface area is 464 Å². The summed E-state index contributed by atoms with van der Waals surface area (Å²) < 4.78 is 59.2. The summed E-state index contributed by atoms with van der Waals surface area (Å²) in [6.07, 6.45) is 10.9. The largest absolute Gasteiger partial charge is 0.472 e. The molecule has 0 aromatic rings. The lowest BCUT2D eigenvalue weighted by Gasteiger charge is -2.42. The number of carbonyl (C=O) groups is 5. The first-order valence-electron chi connectivity index (χ1n) is 28.2. The van der Waals surface area contributed by atoms with Gasteiger partial charge in [0.1, 0.15) is 43.3 Å². The molecule has 4 aliphatic rings. The number of phosphoric acid groups is 1. The maximum absolute atomic E-state index is 14.6. The molecule has 3 N–H and O–H groups in total. The van der Waals surface area contributed by atoms with Crippen LogP contribution >= 0.6 is 7.82 Å². The zero-order valence-corrected chi connectivity index (χ0v) is 49.9. The second-order valence-electron chi connectivity index (χ2n) is 23.6. The average molecular weight is 1120 g/mol. The van der Waals surface area contributed by atoms with Gasteiger partial charge in [0.2, 0.25) is 5.79 Å².